The van der Waals surface area contributed by atoms with Crippen LogP contribution in [0.15, 0.2) is 36.4 Å². The highest BCUT2D eigenvalue weighted by Crippen LogP contribution is 2.50. The van der Waals surface area contributed by atoms with Crippen molar-refractivity contribution in [2.75, 3.05) is 27.1 Å². The van der Waals surface area contributed by atoms with Crippen LogP contribution in [-0.2, 0) is 25.1 Å². The normalized spacial score (nSPS) is 16.1. The second-order valence-corrected chi connectivity index (χ2v) is 10.4. The summed E-state index contributed by atoms with van der Waals surface area (Å²) in [6.45, 7) is 14.3. The first-order valence-corrected chi connectivity index (χ1v) is 12.6. The molecule has 5 nitrogen and oxygen atoms in total. The van der Waals surface area contributed by atoms with Crippen molar-refractivity contribution >= 4 is 12.0 Å². The third kappa shape index (κ3) is 6.26. The van der Waals surface area contributed by atoms with Gasteiger partial charge in [0.2, 0.25) is 0 Å². The summed E-state index contributed by atoms with van der Waals surface area (Å²) < 4.78 is 22.5. The quantitative estimate of drug-likeness (QED) is 0.207. The summed E-state index contributed by atoms with van der Waals surface area (Å²) in [6, 6.07) is 10.4. The molecule has 1 aliphatic rings. The van der Waals surface area contributed by atoms with Crippen molar-refractivity contribution in [2.45, 2.75) is 71.6 Å². The number of hydrogen-bond donors (Lipinski definition) is 0. The number of rotatable bonds is 10. The van der Waals surface area contributed by atoms with Crippen LogP contribution in [0.25, 0.3) is 17.2 Å². The van der Waals surface area contributed by atoms with Gasteiger partial charge in [0.15, 0.2) is 6.79 Å². The maximum absolute atomic E-state index is 11.9. The fraction of sp³-hybridized carbons (Fsp3) is 0.500. The molecular formula is C30H40O5. The molecule has 0 fully saturated rings. The lowest BCUT2D eigenvalue weighted by atomic mass is 9.62. The Labute approximate surface area is 210 Å². The van der Waals surface area contributed by atoms with Crippen LogP contribution < -0.4 is 9.47 Å². The summed E-state index contributed by atoms with van der Waals surface area (Å²) in [4.78, 5) is 11.9. The summed E-state index contributed by atoms with van der Waals surface area (Å²) in [7, 11) is 1.61. The largest absolute Gasteiger partial charge is 0.493 e. The Morgan fingerprint density at radius 3 is 2.20 bits per heavy atom. The summed E-state index contributed by atoms with van der Waals surface area (Å²) in [5, 5.41) is 0. The molecule has 0 atom stereocenters. The standard InChI is InChI=1S/C30H40O5/c1-8-16-34-27-19-25-24(29(3,4)14-15-30(25,5)6)18-23(27)22-17-21(11-13-28(31)33-9-2)10-12-26(22)35-20-32-7/h10-13,17-19H,8-9,14-16,20H2,1-7H3/b13-11+. The van der Waals surface area contributed by atoms with Crippen molar-refractivity contribution in [3.8, 4) is 22.6 Å². The molecule has 0 unspecified atom stereocenters. The smallest absolute Gasteiger partial charge is 0.330 e. The molecule has 0 heterocycles. The van der Waals surface area contributed by atoms with Crippen molar-refractivity contribution in [1.29, 1.82) is 0 Å². The van der Waals surface area contributed by atoms with Crippen LogP contribution in [-0.4, -0.2) is 33.1 Å². The van der Waals surface area contributed by atoms with Gasteiger partial charge >= 0.3 is 5.97 Å². The second kappa shape index (κ2) is 11.3. The molecule has 0 spiro atoms. The average molecular weight is 481 g/mol. The molecular weight excluding hydrogens is 440 g/mol. The van der Waals surface area contributed by atoms with E-state index in [0.717, 1.165) is 41.7 Å². The number of hydrogen-bond acceptors (Lipinski definition) is 5. The Hall–Kier alpha value is -2.79. The lowest BCUT2D eigenvalue weighted by Gasteiger charge is -2.42. The molecule has 3 rings (SSSR count). The molecule has 1 aliphatic carbocycles. The Bertz CT molecular complexity index is 1060. The Kier molecular flexibility index (Phi) is 8.65. The van der Waals surface area contributed by atoms with E-state index in [0.29, 0.717) is 19.0 Å². The van der Waals surface area contributed by atoms with Crippen molar-refractivity contribution in [3.05, 3.63) is 53.1 Å². The van der Waals surface area contributed by atoms with Gasteiger partial charge in [0, 0.05) is 24.3 Å². The van der Waals surface area contributed by atoms with Crippen LogP contribution in [0.2, 0.25) is 0 Å². The molecule has 5 heteroatoms. The lowest BCUT2D eigenvalue weighted by molar-refractivity contribution is -0.137. The highest BCUT2D eigenvalue weighted by Gasteiger charge is 2.38. The van der Waals surface area contributed by atoms with E-state index in [1.165, 1.54) is 17.2 Å². The third-order valence-electron chi connectivity index (χ3n) is 6.74. The van der Waals surface area contributed by atoms with Gasteiger partial charge in [-0.2, -0.15) is 0 Å². The fourth-order valence-corrected chi connectivity index (χ4v) is 4.60. The SMILES string of the molecule is CCCOc1cc2c(cc1-c1cc(/C=C/C(=O)OCC)ccc1OCOC)C(C)(C)CCC2(C)C. The highest BCUT2D eigenvalue weighted by molar-refractivity contribution is 5.88. The molecule has 0 aliphatic heterocycles. The summed E-state index contributed by atoms with van der Waals surface area (Å²) in [5.74, 6) is 1.19. The topological polar surface area (TPSA) is 54.0 Å². The zero-order valence-electron chi connectivity index (χ0n) is 22.3. The lowest BCUT2D eigenvalue weighted by Crippen LogP contribution is -2.34. The van der Waals surface area contributed by atoms with E-state index >= 15 is 0 Å². The van der Waals surface area contributed by atoms with Crippen molar-refractivity contribution < 1.29 is 23.7 Å². The molecule has 0 amide bonds. The molecule has 0 aromatic heterocycles. The van der Waals surface area contributed by atoms with Crippen molar-refractivity contribution in [2.24, 2.45) is 0 Å². The minimum absolute atomic E-state index is 0.0534. The average Bonchev–Trinajstić information content (AvgIpc) is 2.83. The molecule has 0 saturated heterocycles. The first-order valence-electron chi connectivity index (χ1n) is 12.6. The van der Waals surface area contributed by atoms with Crippen LogP contribution in [0, 0.1) is 0 Å². The van der Waals surface area contributed by atoms with Crippen molar-refractivity contribution in [3.63, 3.8) is 0 Å². The molecule has 2 aromatic rings. The number of esters is 1. The Morgan fingerprint density at radius 2 is 1.57 bits per heavy atom. The van der Waals surface area contributed by atoms with Gasteiger partial charge in [-0.3, -0.25) is 0 Å². The maximum atomic E-state index is 11.9. The van der Waals surface area contributed by atoms with Gasteiger partial charge in [-0.25, -0.2) is 4.79 Å². The van der Waals surface area contributed by atoms with Gasteiger partial charge in [-0.05, 0) is 84.0 Å². The van der Waals surface area contributed by atoms with Crippen molar-refractivity contribution in [1.82, 2.24) is 0 Å². The molecule has 0 radical (unpaired) electrons. The van der Waals surface area contributed by atoms with E-state index < -0.39 is 0 Å². The summed E-state index contributed by atoms with van der Waals surface area (Å²) >= 11 is 0. The number of fused-ring (bicyclic) bond motifs is 1. The van der Waals surface area contributed by atoms with E-state index in [2.05, 4.69) is 46.8 Å². The van der Waals surface area contributed by atoms with Gasteiger partial charge in [-0.1, -0.05) is 40.7 Å². The number of carbonyl (C=O) groups excluding carboxylic acids is 1. The van der Waals surface area contributed by atoms with Gasteiger partial charge in [0.05, 0.1) is 13.2 Å². The minimum Gasteiger partial charge on any atom is -0.493 e. The molecule has 190 valence electrons. The number of carbonyl (C=O) groups is 1. The monoisotopic (exact) mass is 480 g/mol. The predicted molar refractivity (Wildman–Crippen MR) is 141 cm³/mol. The van der Waals surface area contributed by atoms with Gasteiger partial charge in [0.1, 0.15) is 11.5 Å². The Morgan fingerprint density at radius 1 is 0.914 bits per heavy atom. The maximum Gasteiger partial charge on any atom is 0.330 e. The van der Waals surface area contributed by atoms with Crippen LogP contribution in [0.1, 0.15) is 77.5 Å². The minimum atomic E-state index is -0.363. The molecule has 35 heavy (non-hydrogen) atoms. The van der Waals surface area contributed by atoms with E-state index in [1.807, 2.05) is 18.2 Å². The van der Waals surface area contributed by atoms with Crippen LogP contribution in [0.4, 0.5) is 0 Å². The van der Waals surface area contributed by atoms with E-state index in [1.54, 1.807) is 20.1 Å². The van der Waals surface area contributed by atoms with E-state index in [-0.39, 0.29) is 23.6 Å². The predicted octanol–water partition coefficient (Wildman–Crippen LogP) is 7.05. The first kappa shape index (κ1) is 26.8. The molecule has 2 aromatic carbocycles. The third-order valence-corrected chi connectivity index (χ3v) is 6.74. The second-order valence-electron chi connectivity index (χ2n) is 10.4. The Balaban J connectivity index is 2.21. The first-order chi connectivity index (χ1) is 16.6. The summed E-state index contributed by atoms with van der Waals surface area (Å²) in [5.41, 5.74) is 5.59. The number of ether oxygens (including phenoxy) is 4. The highest BCUT2D eigenvalue weighted by atomic mass is 16.7. The summed E-state index contributed by atoms with van der Waals surface area (Å²) in [6.07, 6.45) is 6.39. The van der Waals surface area contributed by atoms with E-state index in [4.69, 9.17) is 18.9 Å². The molecule has 0 bridgehead atoms. The van der Waals surface area contributed by atoms with Crippen LogP contribution in [0.3, 0.4) is 0 Å². The van der Waals surface area contributed by atoms with Crippen LogP contribution in [0.5, 0.6) is 11.5 Å². The van der Waals surface area contributed by atoms with Gasteiger partial charge in [0.25, 0.3) is 0 Å². The number of methoxy groups -OCH3 is 1. The molecule has 0 N–H and O–H groups in total. The number of benzene rings is 2. The van der Waals surface area contributed by atoms with Crippen LogP contribution >= 0.6 is 0 Å². The fourth-order valence-electron chi connectivity index (χ4n) is 4.60. The van der Waals surface area contributed by atoms with Gasteiger partial charge in [-0.15, -0.1) is 0 Å². The zero-order chi connectivity index (χ0) is 25.6. The van der Waals surface area contributed by atoms with Gasteiger partial charge < -0.3 is 18.9 Å². The molecule has 0 saturated carbocycles. The van der Waals surface area contributed by atoms with E-state index in [9.17, 15) is 4.79 Å². The zero-order valence-corrected chi connectivity index (χ0v) is 22.3.